The van der Waals surface area contributed by atoms with Crippen LogP contribution in [0.1, 0.15) is 39.2 Å². The lowest BCUT2D eigenvalue weighted by Crippen LogP contribution is -2.83. The fourth-order valence-corrected chi connectivity index (χ4v) is 4.03. The van der Waals surface area contributed by atoms with E-state index in [-0.39, 0.29) is 13.2 Å². The molecule has 0 radical (unpaired) electrons. The topological polar surface area (TPSA) is 111 Å². The van der Waals surface area contributed by atoms with E-state index in [4.69, 9.17) is 24.7 Å². The Hall–Kier alpha value is -2.16. The van der Waals surface area contributed by atoms with Crippen molar-refractivity contribution in [3.8, 4) is 12.1 Å². The van der Waals surface area contributed by atoms with Crippen molar-refractivity contribution in [1.29, 1.82) is 10.5 Å². The van der Waals surface area contributed by atoms with Gasteiger partial charge in [0.1, 0.15) is 0 Å². The van der Waals surface area contributed by atoms with Crippen LogP contribution < -0.4 is 5.73 Å². The zero-order valence-corrected chi connectivity index (χ0v) is 16.3. The largest absolute Gasteiger partial charge is 0.399 e. The van der Waals surface area contributed by atoms with E-state index in [1.54, 1.807) is 38.1 Å². The van der Waals surface area contributed by atoms with Crippen molar-refractivity contribution < 1.29 is 18.9 Å². The molecule has 1 aromatic rings. The summed E-state index contributed by atoms with van der Waals surface area (Å²) in [5, 5.41) is 20.2. The van der Waals surface area contributed by atoms with Crippen LogP contribution in [0.5, 0.6) is 0 Å². The van der Waals surface area contributed by atoms with Crippen molar-refractivity contribution >= 4 is 5.69 Å². The molecule has 2 rings (SSSR count). The molecule has 0 bridgehead atoms. The average molecular weight is 373 g/mol. The highest BCUT2D eigenvalue weighted by atomic mass is 16.8. The molecule has 1 atom stereocenters. The molecule has 0 unspecified atom stereocenters. The third-order valence-corrected chi connectivity index (χ3v) is 4.83. The maximum absolute atomic E-state index is 10.1. The summed E-state index contributed by atoms with van der Waals surface area (Å²) < 4.78 is 24.1. The van der Waals surface area contributed by atoms with Crippen LogP contribution in [-0.2, 0) is 18.9 Å². The molecular weight excluding hydrogens is 346 g/mol. The molecule has 0 spiro atoms. The van der Waals surface area contributed by atoms with Crippen LogP contribution in [0.15, 0.2) is 24.3 Å². The summed E-state index contributed by atoms with van der Waals surface area (Å²) >= 11 is 0. The van der Waals surface area contributed by atoms with Crippen LogP contribution in [0.4, 0.5) is 5.69 Å². The molecule has 1 aliphatic carbocycles. The van der Waals surface area contributed by atoms with E-state index in [0.717, 1.165) is 0 Å². The first-order chi connectivity index (χ1) is 13.0. The van der Waals surface area contributed by atoms with Gasteiger partial charge in [-0.05, 0) is 45.4 Å². The van der Waals surface area contributed by atoms with Gasteiger partial charge < -0.3 is 24.7 Å². The van der Waals surface area contributed by atoms with Crippen LogP contribution in [0, 0.1) is 28.1 Å². The number of nitriles is 2. The molecule has 1 saturated carbocycles. The smallest absolute Gasteiger partial charge is 0.258 e. The molecule has 0 aliphatic heterocycles. The van der Waals surface area contributed by atoms with Gasteiger partial charge in [-0.15, -0.1) is 0 Å². The van der Waals surface area contributed by atoms with Gasteiger partial charge in [0.25, 0.3) is 5.79 Å². The molecule has 1 aliphatic rings. The van der Waals surface area contributed by atoms with Gasteiger partial charge in [0, 0.05) is 32.1 Å². The minimum Gasteiger partial charge on any atom is -0.399 e. The zero-order valence-electron chi connectivity index (χ0n) is 16.3. The summed E-state index contributed by atoms with van der Waals surface area (Å²) in [4.78, 5) is 0. The molecule has 2 N–H and O–H groups in total. The van der Waals surface area contributed by atoms with Gasteiger partial charge in [0.15, 0.2) is 0 Å². The summed E-state index contributed by atoms with van der Waals surface area (Å²) in [5.74, 6) is -3.85. The molecular formula is C20H27N3O4. The lowest BCUT2D eigenvalue weighted by atomic mass is 9.49. The highest BCUT2D eigenvalue weighted by Gasteiger charge is 2.87. The lowest BCUT2D eigenvalue weighted by Gasteiger charge is -2.66. The Labute approximate surface area is 160 Å². The van der Waals surface area contributed by atoms with Gasteiger partial charge >= 0.3 is 0 Å². The number of ether oxygens (including phenoxy) is 4. The second-order valence-corrected chi connectivity index (χ2v) is 6.15. The normalized spacial score (nSPS) is 21.6. The van der Waals surface area contributed by atoms with Gasteiger partial charge in [0.05, 0.1) is 18.1 Å². The number of nitrogen functional groups attached to an aromatic ring is 1. The van der Waals surface area contributed by atoms with Crippen LogP contribution in [0.25, 0.3) is 0 Å². The first-order valence-corrected chi connectivity index (χ1v) is 9.22. The first kappa shape index (κ1) is 21.1. The zero-order chi connectivity index (χ0) is 20.1. The second kappa shape index (κ2) is 8.24. The second-order valence-electron chi connectivity index (χ2n) is 6.15. The maximum atomic E-state index is 10.1. The minimum absolute atomic E-state index is 0.224. The van der Waals surface area contributed by atoms with Crippen molar-refractivity contribution in [1.82, 2.24) is 0 Å². The van der Waals surface area contributed by atoms with Crippen molar-refractivity contribution in [2.24, 2.45) is 5.41 Å². The summed E-state index contributed by atoms with van der Waals surface area (Å²) in [6.45, 7) is 8.23. The van der Waals surface area contributed by atoms with Crippen molar-refractivity contribution in [3.05, 3.63) is 29.8 Å². The van der Waals surface area contributed by atoms with E-state index < -0.39 is 22.9 Å². The predicted molar refractivity (Wildman–Crippen MR) is 99.2 cm³/mol. The monoisotopic (exact) mass is 373 g/mol. The SMILES string of the molecule is CCOC1(OCC)[C@@H](c2ccc(N)cc2)C(C#N)(C#N)C1(OCC)OCC. The summed E-state index contributed by atoms with van der Waals surface area (Å²) in [7, 11) is 0. The third-order valence-electron chi connectivity index (χ3n) is 4.83. The number of anilines is 1. The molecule has 0 amide bonds. The summed E-state index contributed by atoms with van der Waals surface area (Å²) in [6.07, 6.45) is 0. The van der Waals surface area contributed by atoms with Crippen LogP contribution in [0.3, 0.4) is 0 Å². The fraction of sp³-hybridized carbons (Fsp3) is 0.600. The van der Waals surface area contributed by atoms with E-state index in [1.165, 1.54) is 0 Å². The number of benzene rings is 1. The van der Waals surface area contributed by atoms with Crippen molar-refractivity contribution in [3.63, 3.8) is 0 Å². The Bertz CT molecular complexity index is 694. The van der Waals surface area contributed by atoms with Crippen LogP contribution in [-0.4, -0.2) is 38.0 Å². The highest BCUT2D eigenvalue weighted by molar-refractivity contribution is 5.49. The average Bonchev–Trinajstić information content (AvgIpc) is 2.66. The molecule has 27 heavy (non-hydrogen) atoms. The third kappa shape index (κ3) is 2.79. The van der Waals surface area contributed by atoms with Gasteiger partial charge in [0.2, 0.25) is 11.2 Å². The Balaban J connectivity index is 2.79. The number of nitrogens with zero attached hydrogens (tertiary/aromatic N) is 2. The highest BCUT2D eigenvalue weighted by Crippen LogP contribution is 2.69. The van der Waals surface area contributed by atoms with Gasteiger partial charge in [-0.25, -0.2) is 0 Å². The quantitative estimate of drug-likeness (QED) is 0.523. The minimum atomic E-state index is -1.68. The van der Waals surface area contributed by atoms with Crippen LogP contribution >= 0.6 is 0 Å². The van der Waals surface area contributed by atoms with Crippen molar-refractivity contribution in [2.45, 2.75) is 45.2 Å². The van der Waals surface area contributed by atoms with Gasteiger partial charge in [-0.2, -0.15) is 10.5 Å². The lowest BCUT2D eigenvalue weighted by molar-refractivity contribution is -0.496. The standard InChI is InChI=1S/C20H27N3O4/c1-5-24-19(25-6-2)17(15-9-11-16(23)12-10-15)18(13-21,14-22)20(19,26-7-3)27-8-4/h9-12,17H,5-8,23H2,1-4H3/t17-/m0/s1. The molecule has 0 heterocycles. The molecule has 0 aromatic heterocycles. The first-order valence-electron chi connectivity index (χ1n) is 9.22. The predicted octanol–water partition coefficient (Wildman–Crippen LogP) is 2.94. The molecule has 1 fully saturated rings. The number of nitrogens with two attached hydrogens (primary N) is 1. The van der Waals surface area contributed by atoms with E-state index in [9.17, 15) is 10.5 Å². The Morgan fingerprint density at radius 3 is 1.67 bits per heavy atom. The molecule has 1 aromatic carbocycles. The van der Waals surface area contributed by atoms with Gasteiger partial charge in [-0.1, -0.05) is 12.1 Å². The summed E-state index contributed by atoms with van der Waals surface area (Å²) in [5.41, 5.74) is 5.44. The van der Waals surface area contributed by atoms with E-state index in [0.29, 0.717) is 24.5 Å². The van der Waals surface area contributed by atoms with Crippen molar-refractivity contribution in [2.75, 3.05) is 32.2 Å². The maximum Gasteiger partial charge on any atom is 0.258 e. The molecule has 146 valence electrons. The van der Waals surface area contributed by atoms with Gasteiger partial charge in [-0.3, -0.25) is 0 Å². The molecule has 0 saturated heterocycles. The Morgan fingerprint density at radius 2 is 1.30 bits per heavy atom. The number of hydrogen-bond acceptors (Lipinski definition) is 7. The number of rotatable bonds is 9. The Kier molecular flexibility index (Phi) is 6.46. The van der Waals surface area contributed by atoms with E-state index in [1.807, 2.05) is 13.8 Å². The fourth-order valence-electron chi connectivity index (χ4n) is 4.03. The van der Waals surface area contributed by atoms with Crippen LogP contribution in [0.2, 0.25) is 0 Å². The van der Waals surface area contributed by atoms with E-state index >= 15 is 0 Å². The number of hydrogen-bond donors (Lipinski definition) is 1. The summed E-state index contributed by atoms with van der Waals surface area (Å²) in [6, 6.07) is 11.3. The Morgan fingerprint density at radius 1 is 0.852 bits per heavy atom. The molecule has 7 heteroatoms. The van der Waals surface area contributed by atoms with E-state index in [2.05, 4.69) is 12.1 Å². The molecule has 7 nitrogen and oxygen atoms in total.